The highest BCUT2D eigenvalue weighted by atomic mass is 32.2. The van der Waals surface area contributed by atoms with Crippen LogP contribution in [0.4, 0.5) is 0 Å². The Morgan fingerprint density at radius 2 is 1.59 bits per heavy atom. The Hall–Kier alpha value is -1.47. The zero-order valence-electron chi connectivity index (χ0n) is 9.17. The van der Waals surface area contributed by atoms with Gasteiger partial charge in [-0.3, -0.25) is 4.18 Å². The van der Waals surface area contributed by atoms with Crippen LogP contribution in [0.25, 0.3) is 20.9 Å². The molecular formula is C7H12N6O3S. The predicted molar refractivity (Wildman–Crippen MR) is 59.4 cm³/mol. The van der Waals surface area contributed by atoms with Crippen LogP contribution in [0.3, 0.4) is 0 Å². The maximum Gasteiger partial charge on any atom is 0.264 e. The third-order valence-corrected chi connectivity index (χ3v) is 2.98. The molecule has 0 bridgehead atoms. The van der Waals surface area contributed by atoms with Gasteiger partial charge in [0.25, 0.3) is 10.1 Å². The van der Waals surface area contributed by atoms with E-state index in [1.807, 2.05) is 0 Å². The van der Waals surface area contributed by atoms with E-state index in [0.29, 0.717) is 19.3 Å². The minimum absolute atomic E-state index is 0.314. The van der Waals surface area contributed by atoms with Crippen LogP contribution < -0.4 is 0 Å². The second-order valence-corrected chi connectivity index (χ2v) is 5.45. The van der Waals surface area contributed by atoms with E-state index in [-0.39, 0.29) is 0 Å². The molecule has 9 nitrogen and oxygen atoms in total. The minimum atomic E-state index is -3.57. The standard InChI is InChI=1S/C7H12N6O3S/c1-17(14,15)16-7-3-5(10-12-8)2-6(4-7)11-13-9/h5-7H,2-4H2,1H3/t5-,6+,7?. The summed E-state index contributed by atoms with van der Waals surface area (Å²) in [5.74, 6) is 0. The highest BCUT2D eigenvalue weighted by molar-refractivity contribution is 7.86. The van der Waals surface area contributed by atoms with Crippen molar-refractivity contribution in [2.45, 2.75) is 37.5 Å². The van der Waals surface area contributed by atoms with E-state index >= 15 is 0 Å². The summed E-state index contributed by atoms with van der Waals surface area (Å²) in [6.07, 6.45) is 1.39. The first kappa shape index (κ1) is 13.6. The highest BCUT2D eigenvalue weighted by Gasteiger charge is 2.30. The minimum Gasteiger partial charge on any atom is -0.267 e. The predicted octanol–water partition coefficient (Wildman–Crippen LogP) is 1.87. The molecule has 0 amide bonds. The van der Waals surface area contributed by atoms with Crippen molar-refractivity contribution in [1.29, 1.82) is 0 Å². The third kappa shape index (κ3) is 4.92. The van der Waals surface area contributed by atoms with E-state index in [1.54, 1.807) is 0 Å². The fraction of sp³-hybridized carbons (Fsp3) is 1.00. The molecule has 0 aromatic rings. The molecule has 0 heterocycles. The summed E-state index contributed by atoms with van der Waals surface area (Å²) in [6, 6.07) is -0.813. The molecule has 1 fully saturated rings. The van der Waals surface area contributed by atoms with Gasteiger partial charge in [-0.25, -0.2) is 0 Å². The second kappa shape index (κ2) is 5.74. The average Bonchev–Trinajstić information content (AvgIpc) is 2.15. The summed E-state index contributed by atoms with van der Waals surface area (Å²) in [5, 5.41) is 7.04. The van der Waals surface area contributed by atoms with Gasteiger partial charge in [-0.1, -0.05) is 10.2 Å². The monoisotopic (exact) mass is 260 g/mol. The first-order valence-electron chi connectivity index (χ1n) is 4.91. The lowest BCUT2D eigenvalue weighted by Crippen LogP contribution is -2.33. The van der Waals surface area contributed by atoms with Crippen molar-refractivity contribution in [2.75, 3.05) is 6.26 Å². The van der Waals surface area contributed by atoms with Crippen LogP contribution in [0.1, 0.15) is 19.3 Å². The van der Waals surface area contributed by atoms with Crippen LogP contribution in [-0.4, -0.2) is 32.9 Å². The molecule has 0 aromatic carbocycles. The highest BCUT2D eigenvalue weighted by Crippen LogP contribution is 2.27. The molecule has 1 rings (SSSR count). The smallest absolute Gasteiger partial charge is 0.264 e. The van der Waals surface area contributed by atoms with Crippen molar-refractivity contribution in [1.82, 2.24) is 0 Å². The van der Waals surface area contributed by atoms with E-state index in [4.69, 9.17) is 15.2 Å². The summed E-state index contributed by atoms with van der Waals surface area (Å²) < 4.78 is 26.8. The van der Waals surface area contributed by atoms with Crippen LogP contribution in [0.5, 0.6) is 0 Å². The Bertz CT molecular complexity index is 438. The number of nitrogens with zero attached hydrogens (tertiary/aromatic N) is 6. The van der Waals surface area contributed by atoms with E-state index in [1.165, 1.54) is 0 Å². The summed E-state index contributed by atoms with van der Waals surface area (Å²) >= 11 is 0. The Labute approximate surface area is 98.1 Å². The van der Waals surface area contributed by atoms with Crippen LogP contribution in [0.2, 0.25) is 0 Å². The fourth-order valence-corrected chi connectivity index (χ4v) is 2.52. The van der Waals surface area contributed by atoms with Gasteiger partial charge < -0.3 is 0 Å². The number of hydrogen-bond acceptors (Lipinski definition) is 5. The number of rotatable bonds is 4. The molecule has 1 aliphatic carbocycles. The summed E-state index contributed by atoms with van der Waals surface area (Å²) in [7, 11) is -3.57. The number of azide groups is 2. The molecule has 0 saturated heterocycles. The number of hydrogen-bond donors (Lipinski definition) is 0. The van der Waals surface area contributed by atoms with E-state index in [2.05, 4.69) is 20.1 Å². The molecule has 1 aliphatic rings. The lowest BCUT2D eigenvalue weighted by molar-refractivity contribution is 0.142. The van der Waals surface area contributed by atoms with E-state index in [9.17, 15) is 8.42 Å². The van der Waals surface area contributed by atoms with Crippen molar-refractivity contribution in [2.24, 2.45) is 10.2 Å². The first-order valence-corrected chi connectivity index (χ1v) is 6.73. The van der Waals surface area contributed by atoms with Crippen LogP contribution in [0.15, 0.2) is 10.2 Å². The Balaban J connectivity index is 2.77. The van der Waals surface area contributed by atoms with Crippen molar-refractivity contribution in [3.05, 3.63) is 20.9 Å². The molecule has 0 radical (unpaired) electrons. The van der Waals surface area contributed by atoms with Crippen molar-refractivity contribution < 1.29 is 12.6 Å². The van der Waals surface area contributed by atoms with Gasteiger partial charge in [0.2, 0.25) is 0 Å². The zero-order chi connectivity index (χ0) is 12.9. The average molecular weight is 260 g/mol. The van der Waals surface area contributed by atoms with Crippen molar-refractivity contribution in [3.63, 3.8) is 0 Å². The topological polar surface area (TPSA) is 141 Å². The summed E-state index contributed by atoms with van der Waals surface area (Å²) in [4.78, 5) is 5.34. The fourth-order valence-electron chi connectivity index (χ4n) is 1.87. The molecule has 1 saturated carbocycles. The molecule has 0 N–H and O–H groups in total. The zero-order valence-corrected chi connectivity index (χ0v) is 9.99. The molecule has 0 aliphatic heterocycles. The molecule has 0 spiro atoms. The maximum atomic E-state index is 11.0. The molecule has 17 heavy (non-hydrogen) atoms. The van der Waals surface area contributed by atoms with Crippen LogP contribution in [-0.2, 0) is 14.3 Å². The van der Waals surface area contributed by atoms with Gasteiger partial charge in [0.15, 0.2) is 0 Å². The molecule has 3 atom stereocenters. The van der Waals surface area contributed by atoms with Gasteiger partial charge in [-0.05, 0) is 30.3 Å². The summed E-state index contributed by atoms with van der Waals surface area (Å²) in [5.41, 5.74) is 16.7. The van der Waals surface area contributed by atoms with Crippen molar-refractivity contribution in [3.8, 4) is 0 Å². The molecular weight excluding hydrogens is 248 g/mol. The van der Waals surface area contributed by atoms with Gasteiger partial charge in [0, 0.05) is 21.9 Å². The second-order valence-electron chi connectivity index (χ2n) is 3.85. The Morgan fingerprint density at radius 3 is 1.94 bits per heavy atom. The van der Waals surface area contributed by atoms with Crippen LogP contribution >= 0.6 is 0 Å². The van der Waals surface area contributed by atoms with Gasteiger partial charge in [0.05, 0.1) is 12.4 Å². The quantitative estimate of drug-likeness (QED) is 0.329. The maximum absolute atomic E-state index is 11.0. The van der Waals surface area contributed by atoms with Crippen molar-refractivity contribution >= 4 is 10.1 Å². The largest absolute Gasteiger partial charge is 0.267 e. The SMILES string of the molecule is CS(=O)(=O)OC1C[C@@H](N=[N+]=[N-])C[C@@H](N=[N+]=[N-])C1. The molecule has 0 aromatic heterocycles. The van der Waals surface area contributed by atoms with E-state index in [0.717, 1.165) is 6.26 Å². The van der Waals surface area contributed by atoms with Gasteiger partial charge >= 0.3 is 0 Å². The lowest BCUT2D eigenvalue weighted by atomic mass is 9.90. The third-order valence-electron chi connectivity index (χ3n) is 2.35. The first-order chi connectivity index (χ1) is 7.94. The molecule has 94 valence electrons. The van der Waals surface area contributed by atoms with Crippen LogP contribution in [0, 0.1) is 0 Å². The molecule has 1 unspecified atom stereocenters. The van der Waals surface area contributed by atoms with Gasteiger partial charge in [-0.15, -0.1) is 0 Å². The normalized spacial score (nSPS) is 28.9. The Morgan fingerprint density at radius 1 is 1.12 bits per heavy atom. The van der Waals surface area contributed by atoms with Gasteiger partial charge in [0.1, 0.15) is 0 Å². The Kier molecular flexibility index (Phi) is 4.59. The molecule has 10 heteroatoms. The van der Waals surface area contributed by atoms with E-state index < -0.39 is 28.3 Å². The lowest BCUT2D eigenvalue weighted by Gasteiger charge is -2.29. The van der Waals surface area contributed by atoms with Gasteiger partial charge in [-0.2, -0.15) is 8.42 Å². The summed E-state index contributed by atoms with van der Waals surface area (Å²) in [6.45, 7) is 0.